The zero-order chi connectivity index (χ0) is 17.6. The second kappa shape index (κ2) is 5.22. The molecule has 0 saturated carbocycles. The van der Waals surface area contributed by atoms with Crippen LogP contribution in [0.2, 0.25) is 0 Å². The van der Waals surface area contributed by atoms with Crippen LogP contribution in [0.5, 0.6) is 5.75 Å². The van der Waals surface area contributed by atoms with Crippen LogP contribution in [-0.2, 0) is 10.1 Å². The lowest BCUT2D eigenvalue weighted by molar-refractivity contribution is -0.255. The maximum atomic E-state index is 13.7. The molecular formula is C11H4F4NO6S-. The Morgan fingerprint density at radius 1 is 1.26 bits per heavy atom. The van der Waals surface area contributed by atoms with E-state index in [0.29, 0.717) is 12.1 Å². The van der Waals surface area contributed by atoms with Gasteiger partial charge in [-0.1, -0.05) is 4.48 Å². The van der Waals surface area contributed by atoms with Gasteiger partial charge in [-0.3, -0.25) is 4.79 Å². The number of carboxylic acids is 1. The van der Waals surface area contributed by atoms with Gasteiger partial charge in [0.15, 0.2) is 5.43 Å². The summed E-state index contributed by atoms with van der Waals surface area (Å²) in [6.45, 7) is 0. The first-order valence-corrected chi connectivity index (χ1v) is 6.92. The smallest absolute Gasteiger partial charge is 0.534 e. The Balaban J connectivity index is 2.62. The molecule has 0 aliphatic carbocycles. The molecule has 0 bridgehead atoms. The molecule has 7 nitrogen and oxygen atoms in total. The first kappa shape index (κ1) is 16.7. The zero-order valence-corrected chi connectivity index (χ0v) is 11.4. The Morgan fingerprint density at radius 3 is 2.39 bits per heavy atom. The standard InChI is InChI=1S/C11H5F4NO6S/c12-11(13,14)23(20,21)22-5-1-2-6-8(3-5)16(15)4-7(9(6)17)10(18)19/h1-4H,(H,18,19)/p-1. The summed E-state index contributed by atoms with van der Waals surface area (Å²) in [6.07, 6.45) is 0.238. The van der Waals surface area contributed by atoms with E-state index in [1.807, 2.05) is 0 Å². The predicted octanol–water partition coefficient (Wildman–Crippen LogP) is 0.326. The van der Waals surface area contributed by atoms with E-state index in [4.69, 9.17) is 0 Å². The monoisotopic (exact) mass is 354 g/mol. The normalized spacial score (nSPS) is 12.3. The first-order chi connectivity index (χ1) is 10.4. The maximum absolute atomic E-state index is 13.7. The van der Waals surface area contributed by atoms with Gasteiger partial charge in [0.2, 0.25) is 0 Å². The van der Waals surface area contributed by atoms with Crippen LogP contribution in [0.3, 0.4) is 0 Å². The molecule has 0 radical (unpaired) electrons. The third kappa shape index (κ3) is 2.97. The third-order valence-electron chi connectivity index (χ3n) is 2.64. The first-order valence-electron chi connectivity index (χ1n) is 5.52. The van der Waals surface area contributed by atoms with Crippen molar-refractivity contribution < 1.29 is 40.2 Å². The van der Waals surface area contributed by atoms with Crippen LogP contribution in [0.1, 0.15) is 10.4 Å². The van der Waals surface area contributed by atoms with Crippen molar-refractivity contribution in [3.63, 3.8) is 0 Å². The van der Waals surface area contributed by atoms with Gasteiger partial charge in [-0.25, -0.2) is 0 Å². The van der Waals surface area contributed by atoms with Gasteiger partial charge in [0, 0.05) is 11.5 Å². The molecule has 1 aromatic carbocycles. The molecule has 0 atom stereocenters. The number of rotatable bonds is 3. The average molecular weight is 354 g/mol. The number of carbonyl (C=O) groups excluding carboxylic acids is 1. The summed E-state index contributed by atoms with van der Waals surface area (Å²) in [5.74, 6) is -2.87. The molecule has 2 aromatic rings. The van der Waals surface area contributed by atoms with Gasteiger partial charge in [-0.2, -0.15) is 26.4 Å². The highest BCUT2D eigenvalue weighted by molar-refractivity contribution is 7.88. The molecule has 0 unspecified atom stereocenters. The molecule has 0 saturated heterocycles. The number of aromatic carboxylic acids is 1. The summed E-state index contributed by atoms with van der Waals surface area (Å²) in [5.41, 5.74) is -8.55. The summed E-state index contributed by atoms with van der Waals surface area (Å²) >= 11 is 0. The maximum Gasteiger partial charge on any atom is 0.534 e. The van der Waals surface area contributed by atoms with Crippen molar-refractivity contribution >= 4 is 27.0 Å². The van der Waals surface area contributed by atoms with E-state index in [9.17, 15) is 40.8 Å². The molecule has 0 aliphatic rings. The number of carboxylic acid groups (broad SMARTS) is 1. The molecule has 0 aliphatic heterocycles. The quantitative estimate of drug-likeness (QED) is 0.447. The second-order valence-electron chi connectivity index (χ2n) is 4.13. The van der Waals surface area contributed by atoms with Crippen LogP contribution < -0.4 is 14.7 Å². The number of nitrogens with zero attached hydrogens (tertiary/aromatic N) is 1. The van der Waals surface area contributed by atoms with Crippen molar-refractivity contribution in [3.05, 3.63) is 40.2 Å². The van der Waals surface area contributed by atoms with Crippen molar-refractivity contribution in [2.45, 2.75) is 5.51 Å². The molecular weight excluding hydrogens is 350 g/mol. The Bertz CT molecular complexity index is 963. The molecule has 124 valence electrons. The summed E-state index contributed by atoms with van der Waals surface area (Å²) < 4.78 is 75.8. The van der Waals surface area contributed by atoms with Crippen LogP contribution in [0.25, 0.3) is 10.9 Å². The van der Waals surface area contributed by atoms with Crippen molar-refractivity contribution in [1.29, 1.82) is 0 Å². The molecule has 0 fully saturated rings. The highest BCUT2D eigenvalue weighted by atomic mass is 32.2. The average Bonchev–Trinajstić information content (AvgIpc) is 2.40. The zero-order valence-electron chi connectivity index (χ0n) is 10.6. The lowest BCUT2D eigenvalue weighted by Crippen LogP contribution is -2.30. The van der Waals surface area contributed by atoms with Gasteiger partial charge < -0.3 is 14.1 Å². The molecule has 0 amide bonds. The summed E-state index contributed by atoms with van der Waals surface area (Å²) in [5, 5.41) is 10.1. The Morgan fingerprint density at radius 2 is 1.87 bits per heavy atom. The van der Waals surface area contributed by atoms with Gasteiger partial charge >= 0.3 is 15.6 Å². The van der Waals surface area contributed by atoms with E-state index in [-0.39, 0.29) is 11.0 Å². The van der Waals surface area contributed by atoms with Crippen LogP contribution in [0.15, 0.2) is 29.2 Å². The minimum atomic E-state index is -5.98. The molecule has 1 aromatic heterocycles. The van der Waals surface area contributed by atoms with Gasteiger partial charge in [0.1, 0.15) is 5.75 Å². The van der Waals surface area contributed by atoms with Crippen molar-refractivity contribution in [1.82, 2.24) is 4.79 Å². The molecule has 2 rings (SSSR count). The second-order valence-corrected chi connectivity index (χ2v) is 5.67. The van der Waals surface area contributed by atoms with E-state index in [1.54, 1.807) is 0 Å². The van der Waals surface area contributed by atoms with Crippen LogP contribution in [0.4, 0.5) is 17.7 Å². The fraction of sp³-hybridized carbons (Fsp3) is 0.0909. The number of benzene rings is 1. The number of alkyl halides is 3. The van der Waals surface area contributed by atoms with Crippen LogP contribution in [-0.4, -0.2) is 24.7 Å². The van der Waals surface area contributed by atoms with Gasteiger partial charge in [0.05, 0.1) is 23.2 Å². The number of fused-ring (bicyclic) bond motifs is 1. The highest BCUT2D eigenvalue weighted by Gasteiger charge is 2.48. The van der Waals surface area contributed by atoms with E-state index >= 15 is 0 Å². The number of carbonyl (C=O) groups is 1. The fourth-order valence-corrected chi connectivity index (χ4v) is 2.09. The summed E-state index contributed by atoms with van der Waals surface area (Å²) in [7, 11) is -5.98. The molecule has 1 heterocycles. The predicted molar refractivity (Wildman–Crippen MR) is 64.6 cm³/mol. The van der Waals surface area contributed by atoms with E-state index in [0.717, 1.165) is 6.07 Å². The number of aromatic nitrogens is 1. The number of hydrogen-bond donors (Lipinski definition) is 0. The number of pyridine rings is 1. The lowest BCUT2D eigenvalue weighted by Gasteiger charge is -2.11. The van der Waals surface area contributed by atoms with E-state index in [1.165, 1.54) is 0 Å². The van der Waals surface area contributed by atoms with Gasteiger partial charge in [-0.15, -0.1) is 0 Å². The minimum Gasteiger partial charge on any atom is -0.545 e. The molecule has 0 spiro atoms. The Labute approximate surface area is 124 Å². The van der Waals surface area contributed by atoms with Crippen LogP contribution in [0, 0.1) is 0 Å². The highest BCUT2D eigenvalue weighted by Crippen LogP contribution is 2.28. The SMILES string of the molecule is O=C([O-])c1cn(F)c2cc(OS(=O)(=O)C(F)(F)F)ccc2c1=O. The third-order valence-corrected chi connectivity index (χ3v) is 3.62. The topological polar surface area (TPSA) is 105 Å². The van der Waals surface area contributed by atoms with Crippen molar-refractivity contribution in [2.24, 2.45) is 0 Å². The molecule has 12 heteroatoms. The van der Waals surface area contributed by atoms with Crippen LogP contribution >= 0.6 is 0 Å². The summed E-state index contributed by atoms with van der Waals surface area (Å²) in [6, 6.07) is 1.87. The minimum absolute atomic E-state index is 0.238. The van der Waals surface area contributed by atoms with Crippen molar-refractivity contribution in [2.75, 3.05) is 0 Å². The Kier molecular flexibility index (Phi) is 3.80. The van der Waals surface area contributed by atoms with Gasteiger partial charge in [0.25, 0.3) is 0 Å². The lowest BCUT2D eigenvalue weighted by atomic mass is 10.1. The Hall–Kier alpha value is -2.63. The van der Waals surface area contributed by atoms with E-state index < -0.39 is 49.2 Å². The van der Waals surface area contributed by atoms with E-state index in [2.05, 4.69) is 4.18 Å². The fourth-order valence-electron chi connectivity index (χ4n) is 1.64. The largest absolute Gasteiger partial charge is 0.545 e. The summed E-state index contributed by atoms with van der Waals surface area (Å²) in [4.78, 5) is 22.0. The molecule has 0 N–H and O–H groups in total. The molecule has 23 heavy (non-hydrogen) atoms. The van der Waals surface area contributed by atoms with Crippen molar-refractivity contribution in [3.8, 4) is 5.75 Å². The number of halogens is 4. The number of hydrogen-bond acceptors (Lipinski definition) is 6. The van der Waals surface area contributed by atoms with Gasteiger partial charge in [-0.05, 0) is 12.1 Å².